The molecule has 0 aliphatic heterocycles. The molecule has 0 unspecified atom stereocenters. The molecule has 0 bridgehead atoms. The molecule has 0 fully saturated rings. The molecule has 0 aliphatic carbocycles. The van der Waals surface area contributed by atoms with Gasteiger partial charge in [-0.1, -0.05) is 0 Å². The standard InChI is InChI=1S/C22H28N4O3/c1-14(2)24-21(28)17-8-11-19(15(3)12-17)23-13-20(27)25-18-9-6-16(7-10-18)22(29)26(4)5/h6-12,14,23H,13H2,1-5H3,(H,24,28)(H,25,27). The summed E-state index contributed by atoms with van der Waals surface area (Å²) in [6.45, 7) is 5.78. The summed E-state index contributed by atoms with van der Waals surface area (Å²) >= 11 is 0. The first kappa shape index (κ1) is 21.9. The summed E-state index contributed by atoms with van der Waals surface area (Å²) in [5.74, 6) is -0.424. The van der Waals surface area contributed by atoms with Gasteiger partial charge in [-0.25, -0.2) is 0 Å². The van der Waals surface area contributed by atoms with Crippen LogP contribution in [0.4, 0.5) is 11.4 Å². The molecule has 29 heavy (non-hydrogen) atoms. The summed E-state index contributed by atoms with van der Waals surface area (Å²) in [7, 11) is 3.38. The van der Waals surface area contributed by atoms with E-state index in [1.165, 1.54) is 4.90 Å². The van der Waals surface area contributed by atoms with Gasteiger partial charge < -0.3 is 20.9 Å². The Hall–Kier alpha value is -3.35. The van der Waals surface area contributed by atoms with Crippen molar-refractivity contribution in [1.29, 1.82) is 0 Å². The quantitative estimate of drug-likeness (QED) is 0.671. The molecule has 3 amide bonds. The van der Waals surface area contributed by atoms with Gasteiger partial charge in [0.25, 0.3) is 11.8 Å². The van der Waals surface area contributed by atoms with Gasteiger partial charge in [0.2, 0.25) is 5.91 Å². The van der Waals surface area contributed by atoms with Gasteiger partial charge >= 0.3 is 0 Å². The smallest absolute Gasteiger partial charge is 0.253 e. The Morgan fingerprint density at radius 3 is 2.14 bits per heavy atom. The minimum atomic E-state index is -0.210. The highest BCUT2D eigenvalue weighted by molar-refractivity contribution is 5.97. The fourth-order valence-corrected chi connectivity index (χ4v) is 2.68. The molecule has 7 heteroatoms. The van der Waals surface area contributed by atoms with Crippen molar-refractivity contribution in [2.75, 3.05) is 31.3 Å². The molecular formula is C22H28N4O3. The molecule has 2 aromatic rings. The van der Waals surface area contributed by atoms with Crippen LogP contribution in [0.3, 0.4) is 0 Å². The van der Waals surface area contributed by atoms with Crippen LogP contribution in [0.2, 0.25) is 0 Å². The van der Waals surface area contributed by atoms with Crippen molar-refractivity contribution < 1.29 is 14.4 Å². The number of hydrogen-bond donors (Lipinski definition) is 3. The molecular weight excluding hydrogens is 368 g/mol. The van der Waals surface area contributed by atoms with E-state index >= 15 is 0 Å². The summed E-state index contributed by atoms with van der Waals surface area (Å²) in [5, 5.41) is 8.72. The number of anilines is 2. The van der Waals surface area contributed by atoms with E-state index in [4.69, 9.17) is 0 Å². The molecule has 0 heterocycles. The second kappa shape index (κ2) is 9.73. The SMILES string of the molecule is Cc1cc(C(=O)NC(C)C)ccc1NCC(=O)Nc1ccc(C(=O)N(C)C)cc1. The van der Waals surface area contributed by atoms with Gasteiger partial charge in [0, 0.05) is 42.6 Å². The fourth-order valence-electron chi connectivity index (χ4n) is 2.68. The number of carbonyl (C=O) groups is 3. The monoisotopic (exact) mass is 396 g/mol. The van der Waals surface area contributed by atoms with Crippen molar-refractivity contribution in [2.45, 2.75) is 26.8 Å². The number of carbonyl (C=O) groups excluding carboxylic acids is 3. The third-order valence-electron chi connectivity index (χ3n) is 4.17. The number of aryl methyl sites for hydroxylation is 1. The maximum Gasteiger partial charge on any atom is 0.253 e. The van der Waals surface area contributed by atoms with E-state index in [0.717, 1.165) is 11.3 Å². The molecule has 7 nitrogen and oxygen atoms in total. The first-order valence-corrected chi connectivity index (χ1v) is 9.44. The Balaban J connectivity index is 1.92. The summed E-state index contributed by atoms with van der Waals surface area (Å²) in [6, 6.07) is 12.1. The Morgan fingerprint density at radius 2 is 1.59 bits per heavy atom. The maximum atomic E-state index is 12.2. The van der Waals surface area contributed by atoms with Crippen LogP contribution in [0.5, 0.6) is 0 Å². The average molecular weight is 396 g/mol. The highest BCUT2D eigenvalue weighted by Gasteiger charge is 2.11. The average Bonchev–Trinajstić information content (AvgIpc) is 2.66. The van der Waals surface area contributed by atoms with Gasteiger partial charge in [-0.15, -0.1) is 0 Å². The minimum absolute atomic E-state index is 0.0689. The number of rotatable bonds is 7. The first-order chi connectivity index (χ1) is 13.7. The molecule has 0 radical (unpaired) electrons. The fraction of sp³-hybridized carbons (Fsp3) is 0.318. The normalized spacial score (nSPS) is 10.4. The van der Waals surface area contributed by atoms with Gasteiger partial charge in [0.05, 0.1) is 6.54 Å². The summed E-state index contributed by atoms with van der Waals surface area (Å²) in [4.78, 5) is 37.7. The van der Waals surface area contributed by atoms with Crippen molar-refractivity contribution in [3.8, 4) is 0 Å². The van der Waals surface area contributed by atoms with E-state index in [2.05, 4.69) is 16.0 Å². The molecule has 0 saturated heterocycles. The predicted octanol–water partition coefficient (Wildman–Crippen LogP) is 2.89. The first-order valence-electron chi connectivity index (χ1n) is 9.44. The van der Waals surface area contributed by atoms with Crippen LogP contribution < -0.4 is 16.0 Å². The molecule has 0 saturated carbocycles. The zero-order valence-corrected chi connectivity index (χ0v) is 17.5. The largest absolute Gasteiger partial charge is 0.376 e. The van der Waals surface area contributed by atoms with Gasteiger partial charge in [-0.05, 0) is 68.8 Å². The van der Waals surface area contributed by atoms with Crippen LogP contribution in [0.25, 0.3) is 0 Å². The lowest BCUT2D eigenvalue weighted by molar-refractivity contribution is -0.114. The molecule has 0 spiro atoms. The van der Waals surface area contributed by atoms with Crippen LogP contribution in [-0.2, 0) is 4.79 Å². The molecule has 0 atom stereocenters. The lowest BCUT2D eigenvalue weighted by atomic mass is 10.1. The Kier molecular flexibility index (Phi) is 7.36. The number of amides is 3. The Labute approximate surface area is 171 Å². The number of nitrogens with zero attached hydrogens (tertiary/aromatic N) is 1. The van der Waals surface area contributed by atoms with E-state index < -0.39 is 0 Å². The highest BCUT2D eigenvalue weighted by Crippen LogP contribution is 2.17. The van der Waals surface area contributed by atoms with E-state index in [9.17, 15) is 14.4 Å². The van der Waals surface area contributed by atoms with Crippen molar-refractivity contribution in [3.63, 3.8) is 0 Å². The number of nitrogens with one attached hydrogen (secondary N) is 3. The Bertz CT molecular complexity index is 889. The van der Waals surface area contributed by atoms with Crippen molar-refractivity contribution >= 4 is 29.1 Å². The van der Waals surface area contributed by atoms with Crippen LogP contribution in [0.1, 0.15) is 40.1 Å². The predicted molar refractivity (Wildman–Crippen MR) is 115 cm³/mol. The van der Waals surface area contributed by atoms with Crippen LogP contribution >= 0.6 is 0 Å². The Morgan fingerprint density at radius 1 is 0.966 bits per heavy atom. The summed E-state index contributed by atoms with van der Waals surface area (Å²) < 4.78 is 0. The number of benzene rings is 2. The molecule has 0 aromatic heterocycles. The molecule has 2 aromatic carbocycles. The minimum Gasteiger partial charge on any atom is -0.376 e. The lowest BCUT2D eigenvalue weighted by Gasteiger charge is -2.13. The third kappa shape index (κ3) is 6.34. The van der Waals surface area contributed by atoms with Gasteiger partial charge in [-0.2, -0.15) is 0 Å². The number of hydrogen-bond acceptors (Lipinski definition) is 4. The molecule has 3 N–H and O–H groups in total. The molecule has 2 rings (SSSR count). The maximum absolute atomic E-state index is 12.2. The third-order valence-corrected chi connectivity index (χ3v) is 4.17. The van der Waals surface area contributed by atoms with Crippen LogP contribution in [0.15, 0.2) is 42.5 Å². The zero-order chi connectivity index (χ0) is 21.6. The van der Waals surface area contributed by atoms with Crippen molar-refractivity contribution in [3.05, 3.63) is 59.2 Å². The van der Waals surface area contributed by atoms with Gasteiger partial charge in [-0.3, -0.25) is 14.4 Å². The van der Waals surface area contributed by atoms with Crippen molar-refractivity contribution in [1.82, 2.24) is 10.2 Å². The second-order valence-electron chi connectivity index (χ2n) is 7.34. The summed E-state index contributed by atoms with van der Waals surface area (Å²) in [5.41, 5.74) is 3.42. The summed E-state index contributed by atoms with van der Waals surface area (Å²) in [6.07, 6.45) is 0. The zero-order valence-electron chi connectivity index (χ0n) is 17.5. The van der Waals surface area contributed by atoms with E-state index in [0.29, 0.717) is 16.8 Å². The van der Waals surface area contributed by atoms with E-state index in [1.807, 2.05) is 20.8 Å². The van der Waals surface area contributed by atoms with Crippen molar-refractivity contribution in [2.24, 2.45) is 0 Å². The van der Waals surface area contributed by atoms with Gasteiger partial charge in [0.1, 0.15) is 0 Å². The van der Waals surface area contributed by atoms with Gasteiger partial charge in [0.15, 0.2) is 0 Å². The lowest BCUT2D eigenvalue weighted by Crippen LogP contribution is -2.30. The second-order valence-corrected chi connectivity index (χ2v) is 7.34. The van der Waals surface area contributed by atoms with Crippen LogP contribution in [-0.4, -0.2) is 49.3 Å². The van der Waals surface area contributed by atoms with Crippen LogP contribution in [0, 0.1) is 6.92 Å². The van der Waals surface area contributed by atoms with E-state index in [1.54, 1.807) is 56.6 Å². The molecule has 0 aliphatic rings. The highest BCUT2D eigenvalue weighted by atomic mass is 16.2. The van der Waals surface area contributed by atoms with E-state index in [-0.39, 0.29) is 30.3 Å². The molecule has 154 valence electrons. The topological polar surface area (TPSA) is 90.5 Å².